The molecule has 0 saturated heterocycles. The number of nitrogens with zero attached hydrogens (tertiary/aromatic N) is 1. The number of benzene rings is 2. The Hall–Kier alpha value is -2.95. The number of para-hydroxylation sites is 1. The average Bonchev–Trinajstić information content (AvgIpc) is 2.69. The van der Waals surface area contributed by atoms with Gasteiger partial charge in [0.15, 0.2) is 5.43 Å². The van der Waals surface area contributed by atoms with Gasteiger partial charge in [0.1, 0.15) is 11.4 Å². The van der Waals surface area contributed by atoms with Crippen LogP contribution in [0.25, 0.3) is 11.0 Å². The highest BCUT2D eigenvalue weighted by Crippen LogP contribution is 2.27. The fourth-order valence-corrected chi connectivity index (χ4v) is 4.02. The van der Waals surface area contributed by atoms with Crippen molar-refractivity contribution in [1.82, 2.24) is 4.90 Å². The smallest absolute Gasteiger partial charge is 0.223 e. The first-order chi connectivity index (χ1) is 14.6. The maximum atomic E-state index is 13.3. The standard InChI is InChI=1S/C26H30FNO3/c1-18(14-26(2,3)4)13-24(29)28(15-19-9-11-21(27)12-10-19)16-20-17-31-23-8-6-5-7-22(23)25(20)30/h5-12,17-18H,13-16H2,1-4H3/t18-/m1/s1. The van der Waals surface area contributed by atoms with Crippen LogP contribution in [0.2, 0.25) is 0 Å². The van der Waals surface area contributed by atoms with Crippen molar-refractivity contribution >= 4 is 16.9 Å². The maximum absolute atomic E-state index is 13.3. The van der Waals surface area contributed by atoms with Crippen molar-refractivity contribution in [1.29, 1.82) is 0 Å². The molecule has 2 aromatic carbocycles. The largest absolute Gasteiger partial charge is 0.464 e. The van der Waals surface area contributed by atoms with Crippen molar-refractivity contribution in [3.05, 3.63) is 82.0 Å². The minimum absolute atomic E-state index is 0.0337. The fraction of sp³-hybridized carbons (Fsp3) is 0.385. The zero-order valence-electron chi connectivity index (χ0n) is 18.7. The maximum Gasteiger partial charge on any atom is 0.223 e. The van der Waals surface area contributed by atoms with E-state index in [0.717, 1.165) is 12.0 Å². The predicted molar refractivity (Wildman–Crippen MR) is 121 cm³/mol. The molecule has 1 heterocycles. The predicted octanol–water partition coefficient (Wildman–Crippen LogP) is 5.92. The summed E-state index contributed by atoms with van der Waals surface area (Å²) in [7, 11) is 0. The average molecular weight is 424 g/mol. The van der Waals surface area contributed by atoms with Crippen LogP contribution in [0.4, 0.5) is 4.39 Å². The quantitative estimate of drug-likeness (QED) is 0.474. The molecule has 1 amide bonds. The summed E-state index contributed by atoms with van der Waals surface area (Å²) in [6, 6.07) is 13.2. The van der Waals surface area contributed by atoms with Crippen LogP contribution < -0.4 is 5.43 Å². The number of hydrogen-bond acceptors (Lipinski definition) is 3. The van der Waals surface area contributed by atoms with Gasteiger partial charge in [0.25, 0.3) is 0 Å². The highest BCUT2D eigenvalue weighted by molar-refractivity contribution is 5.78. The van der Waals surface area contributed by atoms with E-state index >= 15 is 0 Å². The van der Waals surface area contributed by atoms with Gasteiger partial charge in [-0.2, -0.15) is 0 Å². The molecule has 0 aliphatic rings. The number of fused-ring (bicyclic) bond motifs is 1. The SMILES string of the molecule is C[C@H](CC(=O)N(Cc1ccc(F)cc1)Cc1coc2ccccc2c1=O)CC(C)(C)C. The van der Waals surface area contributed by atoms with Gasteiger partial charge in [0.2, 0.25) is 5.91 Å². The van der Waals surface area contributed by atoms with E-state index in [1.165, 1.54) is 18.4 Å². The zero-order chi connectivity index (χ0) is 22.6. The van der Waals surface area contributed by atoms with Crippen LogP contribution in [0.5, 0.6) is 0 Å². The first-order valence-electron chi connectivity index (χ1n) is 10.6. The highest BCUT2D eigenvalue weighted by atomic mass is 19.1. The Balaban J connectivity index is 1.86. The van der Waals surface area contributed by atoms with Gasteiger partial charge in [0, 0.05) is 13.0 Å². The Kier molecular flexibility index (Phi) is 6.94. The number of amides is 1. The van der Waals surface area contributed by atoms with Crippen molar-refractivity contribution in [3.8, 4) is 0 Å². The molecule has 0 spiro atoms. The van der Waals surface area contributed by atoms with Crippen molar-refractivity contribution in [2.24, 2.45) is 11.3 Å². The minimum Gasteiger partial charge on any atom is -0.464 e. The molecule has 31 heavy (non-hydrogen) atoms. The Morgan fingerprint density at radius 3 is 2.42 bits per heavy atom. The van der Waals surface area contributed by atoms with Gasteiger partial charge in [-0.15, -0.1) is 0 Å². The van der Waals surface area contributed by atoms with E-state index in [1.807, 2.05) is 6.07 Å². The summed E-state index contributed by atoms with van der Waals surface area (Å²) >= 11 is 0. The molecule has 0 saturated carbocycles. The van der Waals surface area contributed by atoms with E-state index in [9.17, 15) is 14.0 Å². The summed E-state index contributed by atoms with van der Waals surface area (Å²) < 4.78 is 19.0. The Morgan fingerprint density at radius 2 is 1.74 bits per heavy atom. The lowest BCUT2D eigenvalue weighted by Gasteiger charge is -2.27. The normalized spacial score (nSPS) is 12.7. The van der Waals surface area contributed by atoms with Crippen LogP contribution in [0.15, 0.2) is 64.0 Å². The van der Waals surface area contributed by atoms with Crippen LogP contribution in [0, 0.1) is 17.2 Å². The van der Waals surface area contributed by atoms with E-state index in [4.69, 9.17) is 4.42 Å². The van der Waals surface area contributed by atoms with Crippen LogP contribution in [0.1, 0.15) is 51.7 Å². The lowest BCUT2D eigenvalue weighted by Crippen LogP contribution is -2.33. The Morgan fingerprint density at radius 1 is 1.06 bits per heavy atom. The summed E-state index contributed by atoms with van der Waals surface area (Å²) in [6.45, 7) is 8.99. The van der Waals surface area contributed by atoms with Crippen molar-refractivity contribution in [2.45, 2.75) is 53.6 Å². The molecule has 5 heteroatoms. The molecule has 0 N–H and O–H groups in total. The molecular formula is C26H30FNO3. The van der Waals surface area contributed by atoms with Gasteiger partial charge < -0.3 is 9.32 Å². The summed E-state index contributed by atoms with van der Waals surface area (Å²) in [5.74, 6) is -0.152. The molecule has 3 rings (SSSR count). The lowest BCUT2D eigenvalue weighted by molar-refractivity contribution is -0.133. The van der Waals surface area contributed by atoms with Crippen LogP contribution in [0.3, 0.4) is 0 Å². The summed E-state index contributed by atoms with van der Waals surface area (Å²) in [5, 5.41) is 0.496. The second-order valence-electron chi connectivity index (χ2n) is 9.54. The zero-order valence-corrected chi connectivity index (χ0v) is 18.7. The second-order valence-corrected chi connectivity index (χ2v) is 9.54. The first-order valence-corrected chi connectivity index (χ1v) is 10.6. The van der Waals surface area contributed by atoms with Gasteiger partial charge in [-0.25, -0.2) is 4.39 Å². The summed E-state index contributed by atoms with van der Waals surface area (Å²) in [4.78, 5) is 27.8. The van der Waals surface area contributed by atoms with Crippen molar-refractivity contribution < 1.29 is 13.6 Å². The third kappa shape index (κ3) is 6.27. The molecule has 0 radical (unpaired) electrons. The van der Waals surface area contributed by atoms with Gasteiger partial charge >= 0.3 is 0 Å². The first kappa shape index (κ1) is 22.7. The molecule has 0 unspecified atom stereocenters. The van der Waals surface area contributed by atoms with E-state index in [-0.39, 0.29) is 35.0 Å². The second kappa shape index (κ2) is 9.46. The van der Waals surface area contributed by atoms with Gasteiger partial charge in [0.05, 0.1) is 23.8 Å². The fourth-order valence-electron chi connectivity index (χ4n) is 4.02. The van der Waals surface area contributed by atoms with E-state index in [1.54, 1.807) is 35.2 Å². The third-order valence-electron chi connectivity index (χ3n) is 5.24. The molecule has 4 nitrogen and oxygen atoms in total. The van der Waals surface area contributed by atoms with Crippen molar-refractivity contribution in [3.63, 3.8) is 0 Å². The van der Waals surface area contributed by atoms with E-state index in [0.29, 0.717) is 29.5 Å². The monoisotopic (exact) mass is 423 g/mol. The third-order valence-corrected chi connectivity index (χ3v) is 5.24. The molecule has 1 aromatic heterocycles. The molecule has 164 valence electrons. The minimum atomic E-state index is -0.324. The van der Waals surface area contributed by atoms with Crippen molar-refractivity contribution in [2.75, 3.05) is 0 Å². The molecule has 0 bridgehead atoms. The Bertz CT molecular complexity index is 1100. The highest BCUT2D eigenvalue weighted by Gasteiger charge is 2.22. The van der Waals surface area contributed by atoms with E-state index < -0.39 is 0 Å². The molecule has 3 aromatic rings. The molecular weight excluding hydrogens is 393 g/mol. The summed E-state index contributed by atoms with van der Waals surface area (Å²) in [6.07, 6.45) is 2.74. The van der Waals surface area contributed by atoms with Gasteiger partial charge in [-0.05, 0) is 47.6 Å². The Labute approximate surface area is 182 Å². The topological polar surface area (TPSA) is 50.5 Å². The number of carbonyl (C=O) groups is 1. The van der Waals surface area contributed by atoms with Crippen LogP contribution in [-0.4, -0.2) is 10.8 Å². The molecule has 1 atom stereocenters. The lowest BCUT2D eigenvalue weighted by atomic mass is 9.84. The number of halogens is 1. The summed E-state index contributed by atoms with van der Waals surface area (Å²) in [5.41, 5.74) is 1.75. The van der Waals surface area contributed by atoms with E-state index in [2.05, 4.69) is 27.7 Å². The van der Waals surface area contributed by atoms with Gasteiger partial charge in [-0.3, -0.25) is 9.59 Å². The molecule has 0 aliphatic carbocycles. The van der Waals surface area contributed by atoms with Crippen LogP contribution in [-0.2, 0) is 17.9 Å². The van der Waals surface area contributed by atoms with Crippen LogP contribution >= 0.6 is 0 Å². The molecule has 0 fully saturated rings. The number of carbonyl (C=O) groups excluding carboxylic acids is 1. The van der Waals surface area contributed by atoms with Gasteiger partial charge in [-0.1, -0.05) is 52.0 Å². The number of hydrogen-bond donors (Lipinski definition) is 0. The molecule has 0 aliphatic heterocycles. The number of rotatable bonds is 7.